The first kappa shape index (κ1) is 40.0. The zero-order valence-electron chi connectivity index (χ0n) is 34.9. The number of hydrogen-bond acceptors (Lipinski definition) is 4. The first-order chi connectivity index (χ1) is 29.2. The van der Waals surface area contributed by atoms with Crippen LogP contribution in [-0.2, 0) is 32.3 Å². The van der Waals surface area contributed by atoms with E-state index in [2.05, 4.69) is 200 Å². The first-order valence-electron chi connectivity index (χ1n) is 20.7. The van der Waals surface area contributed by atoms with Crippen molar-refractivity contribution in [2.45, 2.75) is 46.5 Å². The van der Waals surface area contributed by atoms with E-state index >= 15 is 0 Å². The van der Waals surface area contributed by atoms with Crippen LogP contribution in [0.2, 0.25) is 0 Å². The SMILES string of the molecule is CC(C)Cc1cc(-n2c3[c-]c(Oc4[c-]c(N5C=CN(c6cccc(C(C)(C)C)c6)[CH-]5)ccc4)ccc3c3c2c2ccccc2n3-c2ccccc2)ncc1-c1ccccc1.[Pd]. The molecule has 1 aliphatic heterocycles. The number of benzene rings is 6. The number of para-hydroxylation sites is 2. The van der Waals surface area contributed by atoms with Crippen molar-refractivity contribution in [1.29, 1.82) is 0 Å². The standard InChI is InChI=1S/C54H46N5O.Pd/c1-37(2)30-39-31-51(55-35-48(39)38-16-8-6-9-17-38)59-50-34-45(26-27-47(50)52-53(59)46-24-12-13-25-49(46)58(52)41-19-10-7-11-20-41)60-44-23-15-22-43(33-44)57-29-28-56(36-57)42-21-14-18-40(32-42)54(3,4)5;/h6-29,31-32,35-37H,30H2,1-5H3;/q-3;. The summed E-state index contributed by atoms with van der Waals surface area (Å²) in [7, 11) is 0. The van der Waals surface area contributed by atoms with Crippen molar-refractivity contribution >= 4 is 44.2 Å². The zero-order valence-corrected chi connectivity index (χ0v) is 36.5. The van der Waals surface area contributed by atoms with E-state index < -0.39 is 0 Å². The van der Waals surface area contributed by atoms with Crippen LogP contribution in [0.4, 0.5) is 11.4 Å². The fourth-order valence-corrected chi connectivity index (χ4v) is 8.41. The van der Waals surface area contributed by atoms with E-state index in [0.717, 1.165) is 67.7 Å². The van der Waals surface area contributed by atoms with Crippen LogP contribution in [0.5, 0.6) is 11.5 Å². The zero-order chi connectivity index (χ0) is 41.0. The van der Waals surface area contributed by atoms with Crippen molar-refractivity contribution in [1.82, 2.24) is 14.1 Å². The quantitative estimate of drug-likeness (QED) is 0.107. The number of hydrogen-bond donors (Lipinski definition) is 0. The third kappa shape index (κ3) is 7.54. The molecule has 10 rings (SSSR count). The van der Waals surface area contributed by atoms with Crippen molar-refractivity contribution in [3.05, 3.63) is 194 Å². The van der Waals surface area contributed by atoms with Gasteiger partial charge in [0.2, 0.25) is 0 Å². The third-order valence-electron chi connectivity index (χ3n) is 11.3. The molecule has 1 aliphatic rings. The second kappa shape index (κ2) is 16.2. The molecule has 0 bridgehead atoms. The van der Waals surface area contributed by atoms with Crippen molar-refractivity contribution in [3.63, 3.8) is 0 Å². The van der Waals surface area contributed by atoms with Crippen molar-refractivity contribution in [3.8, 4) is 34.1 Å². The molecule has 6 nitrogen and oxygen atoms in total. The summed E-state index contributed by atoms with van der Waals surface area (Å²) in [5.74, 6) is 2.50. The van der Waals surface area contributed by atoms with Crippen molar-refractivity contribution in [2.75, 3.05) is 9.80 Å². The first-order valence-corrected chi connectivity index (χ1v) is 20.7. The van der Waals surface area contributed by atoms with Gasteiger partial charge in [0, 0.05) is 66.0 Å². The van der Waals surface area contributed by atoms with E-state index in [9.17, 15) is 0 Å². The molecule has 0 aliphatic carbocycles. The van der Waals surface area contributed by atoms with E-state index in [-0.39, 0.29) is 25.8 Å². The van der Waals surface area contributed by atoms with Gasteiger partial charge in [-0.2, -0.15) is 12.1 Å². The minimum absolute atomic E-state index is 0. The van der Waals surface area contributed by atoms with Gasteiger partial charge in [-0.25, -0.2) is 4.98 Å². The van der Waals surface area contributed by atoms with Crippen LogP contribution in [0.1, 0.15) is 45.7 Å². The van der Waals surface area contributed by atoms with Gasteiger partial charge in [0.05, 0.1) is 11.0 Å². The molecule has 7 heteroatoms. The molecule has 0 unspecified atom stereocenters. The maximum Gasteiger partial charge on any atom is 0.135 e. The molecule has 0 saturated heterocycles. The minimum Gasteiger partial charge on any atom is -0.509 e. The number of nitrogens with zero attached hydrogens (tertiary/aromatic N) is 5. The van der Waals surface area contributed by atoms with Crippen LogP contribution in [0, 0.1) is 24.7 Å². The molecular formula is C54H46N5OPd-3. The summed E-state index contributed by atoms with van der Waals surface area (Å²) in [5, 5.41) is 2.19. The Balaban J connectivity index is 0.00000476. The molecule has 0 amide bonds. The number of rotatable bonds is 9. The maximum atomic E-state index is 6.64. The molecule has 306 valence electrons. The Morgan fingerprint density at radius 3 is 2.13 bits per heavy atom. The third-order valence-corrected chi connectivity index (χ3v) is 11.3. The van der Waals surface area contributed by atoms with Gasteiger partial charge in [-0.15, -0.1) is 42.7 Å². The molecule has 4 heterocycles. The molecule has 0 saturated carbocycles. The smallest absolute Gasteiger partial charge is 0.135 e. The number of aromatic nitrogens is 3. The van der Waals surface area contributed by atoms with Crippen LogP contribution >= 0.6 is 0 Å². The predicted octanol–water partition coefficient (Wildman–Crippen LogP) is 13.6. The summed E-state index contributed by atoms with van der Waals surface area (Å²) in [6.07, 6.45) is 7.08. The Morgan fingerprint density at radius 1 is 0.656 bits per heavy atom. The Bertz CT molecular complexity index is 3050. The molecule has 9 aromatic rings. The normalized spacial score (nSPS) is 12.9. The Morgan fingerprint density at radius 2 is 1.34 bits per heavy atom. The van der Waals surface area contributed by atoms with E-state index in [4.69, 9.17) is 9.72 Å². The summed E-state index contributed by atoms with van der Waals surface area (Å²) in [5.41, 5.74) is 12.2. The van der Waals surface area contributed by atoms with E-state index in [1.807, 2.05) is 36.7 Å². The van der Waals surface area contributed by atoms with E-state index in [1.165, 1.54) is 16.7 Å². The molecular weight excluding hydrogens is 841 g/mol. The van der Waals surface area contributed by atoms with Gasteiger partial charge in [0.15, 0.2) is 0 Å². The minimum atomic E-state index is 0. The number of ether oxygens (including phenoxy) is 1. The van der Waals surface area contributed by atoms with E-state index in [1.54, 1.807) is 0 Å². The number of fused-ring (bicyclic) bond motifs is 5. The maximum absolute atomic E-state index is 6.64. The van der Waals surface area contributed by atoms with Gasteiger partial charge >= 0.3 is 0 Å². The molecule has 0 atom stereocenters. The Kier molecular flexibility index (Phi) is 10.7. The molecule has 0 radical (unpaired) electrons. The fourth-order valence-electron chi connectivity index (χ4n) is 8.41. The second-order valence-electron chi connectivity index (χ2n) is 17.0. The molecule has 0 spiro atoms. The molecule has 6 aromatic carbocycles. The van der Waals surface area contributed by atoms with Crippen molar-refractivity contribution < 1.29 is 25.2 Å². The second-order valence-corrected chi connectivity index (χ2v) is 17.0. The van der Waals surface area contributed by atoms with Gasteiger partial charge in [-0.1, -0.05) is 124 Å². The van der Waals surface area contributed by atoms with Gasteiger partial charge in [-0.3, -0.25) is 0 Å². The van der Waals surface area contributed by atoms with Gasteiger partial charge in [0.1, 0.15) is 5.82 Å². The summed E-state index contributed by atoms with van der Waals surface area (Å²) >= 11 is 0. The molecule has 3 aromatic heterocycles. The van der Waals surface area contributed by atoms with Crippen LogP contribution in [0.15, 0.2) is 164 Å². The van der Waals surface area contributed by atoms with Crippen LogP contribution in [0.3, 0.4) is 0 Å². The van der Waals surface area contributed by atoms with Crippen molar-refractivity contribution in [2.24, 2.45) is 5.92 Å². The van der Waals surface area contributed by atoms with Crippen LogP contribution < -0.4 is 14.5 Å². The van der Waals surface area contributed by atoms with Gasteiger partial charge < -0.3 is 23.7 Å². The van der Waals surface area contributed by atoms with Gasteiger partial charge in [0.25, 0.3) is 0 Å². The molecule has 0 N–H and O–H groups in total. The van der Waals surface area contributed by atoms with Gasteiger partial charge in [-0.05, 0) is 83.2 Å². The average Bonchev–Trinajstić information content (AvgIpc) is 3.97. The monoisotopic (exact) mass is 886 g/mol. The number of pyridine rings is 1. The summed E-state index contributed by atoms with van der Waals surface area (Å²) < 4.78 is 11.3. The summed E-state index contributed by atoms with van der Waals surface area (Å²) in [4.78, 5) is 9.43. The Hall–Kier alpha value is -6.39. The predicted molar refractivity (Wildman–Crippen MR) is 247 cm³/mol. The fraction of sp³-hybridized carbons (Fsp3) is 0.148. The average molecular weight is 887 g/mol. The van der Waals surface area contributed by atoms with E-state index in [0.29, 0.717) is 17.4 Å². The molecule has 0 fully saturated rings. The number of anilines is 2. The topological polar surface area (TPSA) is 38.5 Å². The summed E-state index contributed by atoms with van der Waals surface area (Å²) in [6.45, 7) is 13.3. The van der Waals surface area contributed by atoms with Crippen LogP contribution in [0.25, 0.3) is 55.5 Å². The molecule has 61 heavy (non-hydrogen) atoms. The van der Waals surface area contributed by atoms with Crippen LogP contribution in [-0.4, -0.2) is 14.1 Å². The Labute approximate surface area is 372 Å². The summed E-state index contributed by atoms with van der Waals surface area (Å²) in [6, 6.07) is 58.2. The largest absolute Gasteiger partial charge is 0.509 e.